The lowest BCUT2D eigenvalue weighted by Gasteiger charge is -2.45. The zero-order valence-electron chi connectivity index (χ0n) is 27.6. The molecule has 3 amide bonds. The van der Waals surface area contributed by atoms with Gasteiger partial charge in [0.2, 0.25) is 0 Å². The van der Waals surface area contributed by atoms with Crippen LogP contribution < -0.4 is 9.47 Å². The second kappa shape index (κ2) is 13.7. The van der Waals surface area contributed by atoms with Gasteiger partial charge in [-0.2, -0.15) is 0 Å². The molecule has 1 fully saturated rings. The second-order valence-electron chi connectivity index (χ2n) is 13.2. The van der Waals surface area contributed by atoms with Gasteiger partial charge in [-0.05, 0) is 55.8 Å². The van der Waals surface area contributed by atoms with Crippen LogP contribution in [0.5, 0.6) is 11.5 Å². The summed E-state index contributed by atoms with van der Waals surface area (Å²) in [5.41, 5.74) is 0.792. The standard InChI is InChI=1S/C31H50N4O7Si/c1-11-12-15-41-28-18-26(35(38)39)24(17-27(28)40-8)29(36)34-14-13-22(25-19-32(6)30(37)33(7)21(25)2)16-23(34)20-42-43(9,10)31(3,4)5/h17-19,21-23H,11-16,20H2,1-10H3/t21?,22?,23-/m0/s1. The number of ether oxygens (including phenoxy) is 2. The summed E-state index contributed by atoms with van der Waals surface area (Å²) >= 11 is 0. The molecule has 3 rings (SSSR count). The number of carbonyl (C=O) groups is 2. The minimum atomic E-state index is -2.16. The van der Waals surface area contributed by atoms with Crippen molar-refractivity contribution < 1.29 is 28.4 Å². The van der Waals surface area contributed by atoms with Gasteiger partial charge in [-0.25, -0.2) is 4.79 Å². The molecule has 0 saturated carbocycles. The number of rotatable bonds is 11. The lowest BCUT2D eigenvalue weighted by molar-refractivity contribution is -0.385. The van der Waals surface area contributed by atoms with Gasteiger partial charge in [-0.15, -0.1) is 0 Å². The summed E-state index contributed by atoms with van der Waals surface area (Å²) in [4.78, 5) is 43.5. The minimum absolute atomic E-state index is 0.0259. The minimum Gasteiger partial charge on any atom is -0.493 e. The van der Waals surface area contributed by atoms with Crippen LogP contribution in [0.4, 0.5) is 10.5 Å². The zero-order valence-corrected chi connectivity index (χ0v) is 28.6. The zero-order chi connectivity index (χ0) is 32.3. The highest BCUT2D eigenvalue weighted by molar-refractivity contribution is 6.74. The fourth-order valence-electron chi connectivity index (χ4n) is 5.40. The molecule has 43 heavy (non-hydrogen) atoms. The maximum absolute atomic E-state index is 14.2. The van der Waals surface area contributed by atoms with E-state index in [1.807, 2.05) is 20.0 Å². The molecule has 0 N–H and O–H groups in total. The van der Waals surface area contributed by atoms with Crippen molar-refractivity contribution in [2.24, 2.45) is 5.92 Å². The highest BCUT2D eigenvalue weighted by Gasteiger charge is 2.42. The van der Waals surface area contributed by atoms with Gasteiger partial charge in [-0.3, -0.25) is 14.9 Å². The summed E-state index contributed by atoms with van der Waals surface area (Å²) in [7, 11) is 2.85. The van der Waals surface area contributed by atoms with Crippen LogP contribution in [-0.4, -0.2) is 92.9 Å². The molecule has 3 atom stereocenters. The summed E-state index contributed by atoms with van der Waals surface area (Å²) in [6.07, 6.45) is 4.91. The van der Waals surface area contributed by atoms with Gasteiger partial charge in [0.25, 0.3) is 11.6 Å². The second-order valence-corrected chi connectivity index (χ2v) is 18.0. The molecule has 1 aromatic carbocycles. The lowest BCUT2D eigenvalue weighted by atomic mass is 9.81. The molecular formula is C31H50N4O7Si. The van der Waals surface area contributed by atoms with Gasteiger partial charge >= 0.3 is 6.03 Å². The summed E-state index contributed by atoms with van der Waals surface area (Å²) in [6, 6.07) is 2.27. The first-order chi connectivity index (χ1) is 20.0. The van der Waals surface area contributed by atoms with Gasteiger partial charge < -0.3 is 28.6 Å². The topological polar surface area (TPSA) is 115 Å². The van der Waals surface area contributed by atoms with E-state index in [0.29, 0.717) is 32.6 Å². The molecule has 0 bridgehead atoms. The molecule has 2 aliphatic rings. The van der Waals surface area contributed by atoms with Crippen LogP contribution in [0.15, 0.2) is 23.9 Å². The van der Waals surface area contributed by atoms with E-state index in [1.165, 1.54) is 19.2 Å². The van der Waals surface area contributed by atoms with Gasteiger partial charge in [0, 0.05) is 32.9 Å². The fraction of sp³-hybridized carbons (Fsp3) is 0.677. The maximum Gasteiger partial charge on any atom is 0.323 e. The van der Waals surface area contributed by atoms with E-state index < -0.39 is 19.1 Å². The molecule has 0 aromatic heterocycles. The van der Waals surface area contributed by atoms with E-state index >= 15 is 0 Å². The number of methoxy groups -OCH3 is 1. The molecule has 12 heteroatoms. The summed E-state index contributed by atoms with van der Waals surface area (Å²) < 4.78 is 17.9. The van der Waals surface area contributed by atoms with Crippen LogP contribution >= 0.6 is 0 Å². The van der Waals surface area contributed by atoms with Crippen LogP contribution in [0.1, 0.15) is 70.7 Å². The monoisotopic (exact) mass is 618 g/mol. The Morgan fingerprint density at radius 3 is 2.44 bits per heavy atom. The van der Waals surface area contributed by atoms with Crippen molar-refractivity contribution in [3.63, 3.8) is 0 Å². The number of hydrogen-bond acceptors (Lipinski definition) is 7. The van der Waals surface area contributed by atoms with Crippen LogP contribution in [0, 0.1) is 16.0 Å². The normalized spacial score (nSPS) is 21.5. The fourth-order valence-corrected chi connectivity index (χ4v) is 6.44. The summed E-state index contributed by atoms with van der Waals surface area (Å²) in [6.45, 7) is 16.0. The Kier molecular flexibility index (Phi) is 10.9. The predicted molar refractivity (Wildman–Crippen MR) is 169 cm³/mol. The number of unbranched alkanes of at least 4 members (excludes halogenated alkanes) is 1. The number of piperidine rings is 1. The van der Waals surface area contributed by atoms with E-state index in [9.17, 15) is 19.7 Å². The Morgan fingerprint density at radius 2 is 1.86 bits per heavy atom. The Balaban J connectivity index is 1.99. The van der Waals surface area contributed by atoms with Crippen LogP contribution in [-0.2, 0) is 4.43 Å². The number of likely N-dealkylation sites (N-methyl/N-ethyl adjacent to an activating group) is 1. The molecule has 0 aliphatic carbocycles. The Hall–Kier alpha value is -3.12. The van der Waals surface area contributed by atoms with E-state index in [1.54, 1.807) is 28.8 Å². The number of hydrogen-bond donors (Lipinski definition) is 0. The third-order valence-corrected chi connectivity index (χ3v) is 13.9. The van der Waals surface area contributed by atoms with Crippen molar-refractivity contribution in [3.8, 4) is 11.5 Å². The van der Waals surface area contributed by atoms with Gasteiger partial charge in [0.15, 0.2) is 19.8 Å². The molecule has 240 valence electrons. The number of nitro groups is 1. The molecule has 0 radical (unpaired) electrons. The lowest BCUT2D eigenvalue weighted by Crippen LogP contribution is -2.53. The molecule has 2 aliphatic heterocycles. The largest absolute Gasteiger partial charge is 0.493 e. The molecular weight excluding hydrogens is 568 g/mol. The maximum atomic E-state index is 14.2. The van der Waals surface area contributed by atoms with Crippen molar-refractivity contribution in [2.45, 2.75) is 90.5 Å². The molecule has 0 spiro atoms. The number of amides is 3. The first-order valence-corrected chi connectivity index (χ1v) is 18.1. The quantitative estimate of drug-likeness (QED) is 0.124. The summed E-state index contributed by atoms with van der Waals surface area (Å²) in [5, 5.41) is 12.2. The molecule has 11 nitrogen and oxygen atoms in total. The Bertz CT molecular complexity index is 1230. The van der Waals surface area contributed by atoms with Crippen molar-refractivity contribution in [1.29, 1.82) is 0 Å². The summed E-state index contributed by atoms with van der Waals surface area (Å²) in [5.74, 6) is 0.217. The third kappa shape index (κ3) is 7.51. The number of likely N-dealkylation sites (tertiary alicyclic amines) is 1. The van der Waals surface area contributed by atoms with Gasteiger partial charge in [0.1, 0.15) is 5.56 Å². The van der Waals surface area contributed by atoms with Crippen LogP contribution in [0.2, 0.25) is 18.1 Å². The van der Waals surface area contributed by atoms with E-state index in [0.717, 1.165) is 18.4 Å². The van der Waals surface area contributed by atoms with E-state index in [-0.39, 0.29) is 51.8 Å². The van der Waals surface area contributed by atoms with Gasteiger partial charge in [-0.1, -0.05) is 34.1 Å². The number of nitrogens with zero attached hydrogens (tertiary/aromatic N) is 4. The Morgan fingerprint density at radius 1 is 1.19 bits per heavy atom. The average molecular weight is 619 g/mol. The Labute approximate surface area is 257 Å². The average Bonchev–Trinajstić information content (AvgIpc) is 2.95. The number of benzene rings is 1. The first-order valence-electron chi connectivity index (χ1n) is 15.2. The third-order valence-electron chi connectivity index (χ3n) is 9.36. The SMILES string of the molecule is CCCCOc1cc([N+](=O)[O-])c(C(=O)N2CCC(C3=CN(C)C(=O)N(C)C3C)C[C@H]2CO[Si](C)(C)C(C)(C)C)cc1OC. The van der Waals surface area contributed by atoms with Crippen molar-refractivity contribution in [1.82, 2.24) is 14.7 Å². The van der Waals surface area contributed by atoms with Crippen LogP contribution in [0.3, 0.4) is 0 Å². The van der Waals surface area contributed by atoms with E-state index in [2.05, 4.69) is 33.9 Å². The smallest absolute Gasteiger partial charge is 0.323 e. The van der Waals surface area contributed by atoms with Crippen molar-refractivity contribution in [3.05, 3.63) is 39.6 Å². The molecule has 1 aromatic rings. The van der Waals surface area contributed by atoms with E-state index in [4.69, 9.17) is 13.9 Å². The molecule has 2 unspecified atom stereocenters. The van der Waals surface area contributed by atoms with Crippen molar-refractivity contribution >= 4 is 25.9 Å². The van der Waals surface area contributed by atoms with Gasteiger partial charge in [0.05, 0.1) is 43.4 Å². The van der Waals surface area contributed by atoms with Crippen LogP contribution in [0.25, 0.3) is 0 Å². The highest BCUT2D eigenvalue weighted by atomic mass is 28.4. The first kappa shape index (κ1) is 34.4. The number of carbonyl (C=O) groups excluding carboxylic acids is 2. The number of nitro benzene ring substituents is 1. The molecule has 1 saturated heterocycles. The predicted octanol–water partition coefficient (Wildman–Crippen LogP) is 6.29. The van der Waals surface area contributed by atoms with Crippen molar-refractivity contribution in [2.75, 3.05) is 41.0 Å². The molecule has 2 heterocycles. The highest BCUT2D eigenvalue weighted by Crippen LogP contribution is 2.40. The number of urea groups is 1.